The second-order valence-corrected chi connectivity index (χ2v) is 21.1. The number of rotatable bonds is 9. The van der Waals surface area contributed by atoms with E-state index in [2.05, 4.69) is 284 Å². The lowest BCUT2D eigenvalue weighted by molar-refractivity contribution is 0.669. The van der Waals surface area contributed by atoms with Gasteiger partial charge in [-0.2, -0.15) is 0 Å². The average molecular weight is 986 g/mol. The van der Waals surface area contributed by atoms with E-state index in [1.165, 1.54) is 75.8 Å². The summed E-state index contributed by atoms with van der Waals surface area (Å²) >= 11 is 1.86. The minimum atomic E-state index is -0.532. The van der Waals surface area contributed by atoms with Crippen LogP contribution >= 0.6 is 11.3 Å². The van der Waals surface area contributed by atoms with Crippen LogP contribution < -0.4 is 4.90 Å². The predicted molar refractivity (Wildman–Crippen MR) is 320 cm³/mol. The van der Waals surface area contributed by atoms with Crippen molar-refractivity contribution in [3.8, 4) is 55.6 Å². The SMILES string of the molecule is c1ccc(-c2ccc(N(c3ccc(-c4cc(-c5ccc6oc7ccccc7c6c5)cc(-c5ccc6sc7ccccc7c6c5)c4)cc3)c3ccc4c(c3)C(c3ccccc3)(c3ccccc3)c3ccccc3-4)cc2)cc1. The fraction of sp³-hybridized carbons (Fsp3) is 0.0137. The third kappa shape index (κ3) is 7.16. The van der Waals surface area contributed by atoms with E-state index in [1.807, 2.05) is 17.4 Å². The molecule has 0 unspecified atom stereocenters. The average Bonchev–Trinajstić information content (AvgIpc) is 4.30. The number of anilines is 3. The van der Waals surface area contributed by atoms with Crippen molar-refractivity contribution in [1.82, 2.24) is 0 Å². The number of benzene rings is 12. The number of thiophene rings is 1. The van der Waals surface area contributed by atoms with Gasteiger partial charge >= 0.3 is 0 Å². The van der Waals surface area contributed by atoms with E-state index in [0.717, 1.165) is 61.3 Å². The first-order valence-electron chi connectivity index (χ1n) is 26.0. The molecule has 76 heavy (non-hydrogen) atoms. The minimum absolute atomic E-state index is 0.532. The summed E-state index contributed by atoms with van der Waals surface area (Å²) in [4.78, 5) is 2.43. The van der Waals surface area contributed by atoms with E-state index in [9.17, 15) is 0 Å². The molecule has 0 aliphatic heterocycles. The van der Waals surface area contributed by atoms with Crippen molar-refractivity contribution in [2.24, 2.45) is 0 Å². The molecule has 0 radical (unpaired) electrons. The van der Waals surface area contributed by atoms with Gasteiger partial charge in [-0.25, -0.2) is 0 Å². The molecule has 0 saturated heterocycles. The largest absolute Gasteiger partial charge is 0.456 e. The molecule has 0 spiro atoms. The summed E-state index contributed by atoms with van der Waals surface area (Å²) < 4.78 is 8.91. The van der Waals surface area contributed by atoms with Crippen LogP contribution in [0.15, 0.2) is 290 Å². The molecule has 0 bridgehead atoms. The Kier molecular flexibility index (Phi) is 10.3. The highest BCUT2D eigenvalue weighted by Gasteiger charge is 2.46. The maximum absolute atomic E-state index is 6.30. The van der Waals surface area contributed by atoms with Gasteiger partial charge in [0.1, 0.15) is 11.2 Å². The van der Waals surface area contributed by atoms with Gasteiger partial charge in [0.05, 0.1) is 5.41 Å². The summed E-state index contributed by atoms with van der Waals surface area (Å²) in [6, 6.07) is 105. The fourth-order valence-corrected chi connectivity index (χ4v) is 13.3. The first-order valence-corrected chi connectivity index (χ1v) is 26.9. The van der Waals surface area contributed by atoms with Crippen LogP contribution in [-0.2, 0) is 5.41 Å². The van der Waals surface area contributed by atoms with E-state index >= 15 is 0 Å². The Bertz CT molecular complexity index is 4320. The van der Waals surface area contributed by atoms with Crippen molar-refractivity contribution in [2.75, 3.05) is 4.90 Å². The highest BCUT2D eigenvalue weighted by molar-refractivity contribution is 7.25. The minimum Gasteiger partial charge on any atom is -0.456 e. The number of hydrogen-bond acceptors (Lipinski definition) is 3. The molecule has 1 aliphatic rings. The Labute approximate surface area is 445 Å². The summed E-state index contributed by atoms with van der Waals surface area (Å²) in [6.07, 6.45) is 0. The molecule has 0 amide bonds. The molecular formula is C73H47NOS. The molecule has 3 heteroatoms. The summed E-state index contributed by atoms with van der Waals surface area (Å²) in [5.41, 5.74) is 21.4. The van der Waals surface area contributed by atoms with Crippen LogP contribution in [0.4, 0.5) is 17.1 Å². The molecule has 12 aromatic carbocycles. The summed E-state index contributed by atoms with van der Waals surface area (Å²) in [5.74, 6) is 0. The number of furan rings is 1. The summed E-state index contributed by atoms with van der Waals surface area (Å²) in [7, 11) is 0. The van der Waals surface area contributed by atoms with Gasteiger partial charge in [0.2, 0.25) is 0 Å². The van der Waals surface area contributed by atoms with Crippen molar-refractivity contribution < 1.29 is 4.42 Å². The highest BCUT2D eigenvalue weighted by Crippen LogP contribution is 2.57. The Morgan fingerprint density at radius 2 is 0.750 bits per heavy atom. The lowest BCUT2D eigenvalue weighted by atomic mass is 9.67. The van der Waals surface area contributed by atoms with Crippen LogP contribution in [0.3, 0.4) is 0 Å². The van der Waals surface area contributed by atoms with Crippen molar-refractivity contribution in [3.05, 3.63) is 307 Å². The van der Waals surface area contributed by atoms with Crippen LogP contribution in [0.2, 0.25) is 0 Å². The zero-order valence-corrected chi connectivity index (χ0v) is 42.2. The molecule has 2 heterocycles. The van der Waals surface area contributed by atoms with E-state index in [0.29, 0.717) is 0 Å². The van der Waals surface area contributed by atoms with Crippen molar-refractivity contribution in [2.45, 2.75) is 5.41 Å². The van der Waals surface area contributed by atoms with Crippen LogP contribution in [0.5, 0.6) is 0 Å². The first-order chi connectivity index (χ1) is 37.6. The number of hydrogen-bond donors (Lipinski definition) is 0. The quantitative estimate of drug-likeness (QED) is 0.143. The maximum atomic E-state index is 6.30. The number of fused-ring (bicyclic) bond motifs is 9. The lowest BCUT2D eigenvalue weighted by Crippen LogP contribution is -2.28. The van der Waals surface area contributed by atoms with Crippen molar-refractivity contribution in [1.29, 1.82) is 0 Å². The zero-order chi connectivity index (χ0) is 50.2. The molecule has 0 N–H and O–H groups in total. The smallest absolute Gasteiger partial charge is 0.135 e. The molecule has 356 valence electrons. The summed E-state index contributed by atoms with van der Waals surface area (Å²) in [5, 5.41) is 4.83. The van der Waals surface area contributed by atoms with Gasteiger partial charge in [0.25, 0.3) is 0 Å². The second kappa shape index (κ2) is 17.8. The Morgan fingerprint density at radius 3 is 1.45 bits per heavy atom. The standard InChI is InChI=1S/C73H47NOS/c1-4-16-48(17-5-1)49-28-34-58(35-29-49)74(60-38-39-62-61-22-10-13-25-67(61)73(68(62)47-60,56-18-6-2-7-19-56)57-20-8-3-9-21-57)59-36-30-50(31-37-59)53-42-54(51-32-40-70-65(45-51)63-23-11-14-26-69(63)75-70)44-55(43-53)52-33-41-72-66(46-52)64-24-12-15-27-71(64)76-72/h1-47H. The normalized spacial score (nSPS) is 12.6. The van der Waals surface area contributed by atoms with Gasteiger partial charge in [-0.05, 0) is 169 Å². The number of para-hydroxylation sites is 1. The van der Waals surface area contributed by atoms with E-state index in [-0.39, 0.29) is 0 Å². The molecule has 0 saturated carbocycles. The van der Waals surface area contributed by atoms with E-state index in [4.69, 9.17) is 4.42 Å². The van der Waals surface area contributed by atoms with Gasteiger partial charge in [-0.15, -0.1) is 11.3 Å². The zero-order valence-electron chi connectivity index (χ0n) is 41.4. The second-order valence-electron chi connectivity index (χ2n) is 20.0. The van der Waals surface area contributed by atoms with Crippen molar-refractivity contribution >= 4 is 70.5 Å². The third-order valence-corrected chi connectivity index (χ3v) is 16.9. The van der Waals surface area contributed by atoms with Crippen LogP contribution in [0, 0.1) is 0 Å². The monoisotopic (exact) mass is 985 g/mol. The molecule has 2 nitrogen and oxygen atoms in total. The molecule has 0 fully saturated rings. The molecule has 14 aromatic rings. The number of nitrogens with zero attached hydrogens (tertiary/aromatic N) is 1. The topological polar surface area (TPSA) is 16.4 Å². The van der Waals surface area contributed by atoms with E-state index < -0.39 is 5.41 Å². The highest BCUT2D eigenvalue weighted by atomic mass is 32.1. The molecule has 1 aliphatic carbocycles. The van der Waals surface area contributed by atoms with Crippen LogP contribution in [-0.4, -0.2) is 0 Å². The Morgan fingerprint density at radius 1 is 0.276 bits per heavy atom. The van der Waals surface area contributed by atoms with Crippen LogP contribution in [0.1, 0.15) is 22.3 Å². The molecule has 2 aromatic heterocycles. The van der Waals surface area contributed by atoms with E-state index in [1.54, 1.807) is 0 Å². The lowest BCUT2D eigenvalue weighted by Gasteiger charge is -2.35. The van der Waals surface area contributed by atoms with Gasteiger partial charge in [0, 0.05) is 48.0 Å². The van der Waals surface area contributed by atoms with Gasteiger partial charge in [-0.1, -0.05) is 194 Å². The van der Waals surface area contributed by atoms with Crippen molar-refractivity contribution in [3.63, 3.8) is 0 Å². The fourth-order valence-electron chi connectivity index (χ4n) is 12.2. The third-order valence-electron chi connectivity index (χ3n) is 15.7. The molecular weight excluding hydrogens is 939 g/mol. The van der Waals surface area contributed by atoms with Gasteiger partial charge in [0.15, 0.2) is 0 Å². The van der Waals surface area contributed by atoms with Gasteiger partial charge in [-0.3, -0.25) is 0 Å². The molecule has 0 atom stereocenters. The maximum Gasteiger partial charge on any atom is 0.135 e. The van der Waals surface area contributed by atoms with Gasteiger partial charge < -0.3 is 9.32 Å². The molecule has 15 rings (SSSR count). The predicted octanol–water partition coefficient (Wildman–Crippen LogP) is 20.5. The van der Waals surface area contributed by atoms with Crippen LogP contribution in [0.25, 0.3) is 97.7 Å². The Hall–Kier alpha value is -9.54. The summed E-state index contributed by atoms with van der Waals surface area (Å²) in [6.45, 7) is 0. The first kappa shape index (κ1) is 44.0. The Balaban J connectivity index is 0.894.